The monoisotopic (exact) mass is 275 g/mol. The summed E-state index contributed by atoms with van der Waals surface area (Å²) in [6.45, 7) is 1.04. The van der Waals surface area contributed by atoms with Gasteiger partial charge in [0.15, 0.2) is 0 Å². The summed E-state index contributed by atoms with van der Waals surface area (Å²) in [5.41, 5.74) is 7.21. The number of hydrogen-bond donors (Lipinski definition) is 1. The standard InChI is InChI=1S/C15H17NO2S/c16-9-7-12-3-5-13(6-4-12)15(17)18-10-8-14-2-1-11-19-14/h1-6,11H,7-10,16H2. The van der Waals surface area contributed by atoms with Crippen LogP contribution < -0.4 is 5.73 Å². The van der Waals surface area contributed by atoms with E-state index < -0.39 is 0 Å². The first-order chi connectivity index (χ1) is 9.29. The predicted molar refractivity (Wildman–Crippen MR) is 77.5 cm³/mol. The van der Waals surface area contributed by atoms with Crippen LogP contribution in [0.1, 0.15) is 20.8 Å². The molecular weight excluding hydrogens is 258 g/mol. The lowest BCUT2D eigenvalue weighted by molar-refractivity contribution is 0.0510. The molecule has 1 aromatic heterocycles. The topological polar surface area (TPSA) is 52.3 Å². The minimum atomic E-state index is -0.268. The summed E-state index contributed by atoms with van der Waals surface area (Å²) in [6.07, 6.45) is 1.60. The molecule has 0 saturated heterocycles. The van der Waals surface area contributed by atoms with Gasteiger partial charge in [0.25, 0.3) is 0 Å². The average molecular weight is 275 g/mol. The van der Waals surface area contributed by atoms with E-state index in [-0.39, 0.29) is 5.97 Å². The largest absolute Gasteiger partial charge is 0.462 e. The number of nitrogens with two attached hydrogens (primary N) is 1. The van der Waals surface area contributed by atoms with Crippen LogP contribution in [0, 0.1) is 0 Å². The van der Waals surface area contributed by atoms with Crippen molar-refractivity contribution >= 4 is 17.3 Å². The summed E-state index contributed by atoms with van der Waals surface area (Å²) >= 11 is 1.67. The molecule has 0 unspecified atom stereocenters. The third-order valence-electron chi connectivity index (χ3n) is 2.78. The third-order valence-corrected chi connectivity index (χ3v) is 3.72. The van der Waals surface area contributed by atoms with Crippen molar-refractivity contribution in [2.24, 2.45) is 5.73 Å². The highest BCUT2D eigenvalue weighted by Crippen LogP contribution is 2.10. The first-order valence-corrected chi connectivity index (χ1v) is 7.16. The number of hydrogen-bond acceptors (Lipinski definition) is 4. The van der Waals surface area contributed by atoms with E-state index in [1.54, 1.807) is 23.5 Å². The first-order valence-electron chi connectivity index (χ1n) is 6.28. The van der Waals surface area contributed by atoms with E-state index in [1.165, 1.54) is 4.88 Å². The SMILES string of the molecule is NCCc1ccc(C(=O)OCCc2cccs2)cc1. The van der Waals surface area contributed by atoms with E-state index in [0.717, 1.165) is 18.4 Å². The Morgan fingerprint density at radius 1 is 1.16 bits per heavy atom. The maximum Gasteiger partial charge on any atom is 0.338 e. The van der Waals surface area contributed by atoms with Gasteiger partial charge in [0, 0.05) is 11.3 Å². The highest BCUT2D eigenvalue weighted by Gasteiger charge is 2.06. The minimum absolute atomic E-state index is 0.268. The second kappa shape index (κ2) is 7.07. The molecule has 0 aliphatic carbocycles. The van der Waals surface area contributed by atoms with E-state index in [0.29, 0.717) is 18.7 Å². The van der Waals surface area contributed by atoms with E-state index >= 15 is 0 Å². The zero-order valence-corrected chi connectivity index (χ0v) is 11.5. The van der Waals surface area contributed by atoms with Crippen LogP contribution in [-0.4, -0.2) is 19.1 Å². The van der Waals surface area contributed by atoms with Gasteiger partial charge in [-0.1, -0.05) is 18.2 Å². The molecule has 0 radical (unpaired) electrons. The number of ether oxygens (including phenoxy) is 1. The second-order valence-electron chi connectivity index (χ2n) is 4.20. The van der Waals surface area contributed by atoms with Crippen molar-refractivity contribution in [3.05, 3.63) is 57.8 Å². The fourth-order valence-electron chi connectivity index (χ4n) is 1.76. The molecule has 0 amide bonds. The Bertz CT molecular complexity index is 505. The van der Waals surface area contributed by atoms with Crippen LogP contribution in [0.15, 0.2) is 41.8 Å². The van der Waals surface area contributed by atoms with Crippen LogP contribution in [0.3, 0.4) is 0 Å². The van der Waals surface area contributed by atoms with E-state index in [9.17, 15) is 4.79 Å². The number of carbonyl (C=O) groups excluding carboxylic acids is 1. The van der Waals surface area contributed by atoms with Crippen LogP contribution in [0.4, 0.5) is 0 Å². The van der Waals surface area contributed by atoms with Crippen molar-refractivity contribution in [3.63, 3.8) is 0 Å². The summed E-state index contributed by atoms with van der Waals surface area (Å²) in [5, 5.41) is 2.02. The normalized spacial score (nSPS) is 10.4. The highest BCUT2D eigenvalue weighted by molar-refractivity contribution is 7.09. The Morgan fingerprint density at radius 3 is 2.58 bits per heavy atom. The van der Waals surface area contributed by atoms with Crippen LogP contribution in [0.5, 0.6) is 0 Å². The van der Waals surface area contributed by atoms with Crippen molar-refractivity contribution in [2.45, 2.75) is 12.8 Å². The van der Waals surface area contributed by atoms with E-state index in [1.807, 2.05) is 29.6 Å². The molecule has 2 aromatic rings. The fraction of sp³-hybridized carbons (Fsp3) is 0.267. The lowest BCUT2D eigenvalue weighted by atomic mass is 10.1. The summed E-state index contributed by atoms with van der Waals surface area (Å²) < 4.78 is 5.24. The maximum absolute atomic E-state index is 11.8. The molecule has 19 heavy (non-hydrogen) atoms. The van der Waals surface area contributed by atoms with Crippen molar-refractivity contribution in [1.29, 1.82) is 0 Å². The number of carbonyl (C=O) groups is 1. The molecule has 0 aliphatic rings. The molecule has 1 aromatic carbocycles. The van der Waals surface area contributed by atoms with Crippen molar-refractivity contribution < 1.29 is 9.53 Å². The van der Waals surface area contributed by atoms with Crippen molar-refractivity contribution in [1.82, 2.24) is 0 Å². The highest BCUT2D eigenvalue weighted by atomic mass is 32.1. The number of thiophene rings is 1. The molecule has 2 rings (SSSR count). The molecule has 0 saturated carbocycles. The Kier molecular flexibility index (Phi) is 5.12. The Balaban J connectivity index is 1.82. The molecule has 4 heteroatoms. The van der Waals surface area contributed by atoms with Crippen LogP contribution in [0.25, 0.3) is 0 Å². The Labute approximate surface area is 117 Å². The summed E-state index contributed by atoms with van der Waals surface area (Å²) in [4.78, 5) is 13.0. The van der Waals surface area contributed by atoms with Gasteiger partial charge in [-0.2, -0.15) is 0 Å². The van der Waals surface area contributed by atoms with Gasteiger partial charge in [0.1, 0.15) is 0 Å². The van der Waals surface area contributed by atoms with Gasteiger partial charge in [-0.15, -0.1) is 11.3 Å². The molecular formula is C15H17NO2S. The number of benzene rings is 1. The molecule has 0 bridgehead atoms. The van der Waals surface area contributed by atoms with Gasteiger partial charge in [-0.25, -0.2) is 4.79 Å². The van der Waals surface area contributed by atoms with E-state index in [2.05, 4.69) is 0 Å². The molecule has 2 N–H and O–H groups in total. The molecule has 0 fully saturated rings. The van der Waals surface area contributed by atoms with Crippen molar-refractivity contribution in [3.8, 4) is 0 Å². The lowest BCUT2D eigenvalue weighted by Gasteiger charge is -2.05. The van der Waals surface area contributed by atoms with E-state index in [4.69, 9.17) is 10.5 Å². The smallest absolute Gasteiger partial charge is 0.338 e. The van der Waals surface area contributed by atoms with Gasteiger partial charge in [-0.3, -0.25) is 0 Å². The average Bonchev–Trinajstić information content (AvgIpc) is 2.93. The molecule has 1 heterocycles. The zero-order valence-electron chi connectivity index (χ0n) is 10.7. The van der Waals surface area contributed by atoms with Gasteiger partial charge in [-0.05, 0) is 42.1 Å². The third kappa shape index (κ3) is 4.19. The summed E-state index contributed by atoms with van der Waals surface area (Å²) in [5.74, 6) is -0.268. The molecule has 0 aliphatic heterocycles. The van der Waals surface area contributed by atoms with Crippen LogP contribution in [-0.2, 0) is 17.6 Å². The van der Waals surface area contributed by atoms with Crippen molar-refractivity contribution in [2.75, 3.05) is 13.2 Å². The first kappa shape index (κ1) is 13.8. The fourth-order valence-corrected chi connectivity index (χ4v) is 2.45. The van der Waals surface area contributed by atoms with Crippen LogP contribution >= 0.6 is 11.3 Å². The quantitative estimate of drug-likeness (QED) is 0.825. The molecule has 0 atom stereocenters. The van der Waals surface area contributed by atoms with Gasteiger partial charge >= 0.3 is 5.97 Å². The Morgan fingerprint density at radius 2 is 1.95 bits per heavy atom. The number of rotatable bonds is 6. The summed E-state index contributed by atoms with van der Waals surface area (Å²) in [7, 11) is 0. The van der Waals surface area contributed by atoms with Gasteiger partial charge < -0.3 is 10.5 Å². The lowest BCUT2D eigenvalue weighted by Crippen LogP contribution is -2.08. The van der Waals surface area contributed by atoms with Gasteiger partial charge in [0.05, 0.1) is 12.2 Å². The minimum Gasteiger partial charge on any atom is -0.462 e. The number of esters is 1. The molecule has 0 spiro atoms. The predicted octanol–water partition coefficient (Wildman–Crippen LogP) is 2.65. The Hall–Kier alpha value is -1.65. The molecule has 100 valence electrons. The maximum atomic E-state index is 11.8. The van der Waals surface area contributed by atoms with Crippen LogP contribution in [0.2, 0.25) is 0 Å². The summed E-state index contributed by atoms with van der Waals surface area (Å²) in [6, 6.07) is 11.5. The van der Waals surface area contributed by atoms with Gasteiger partial charge in [0.2, 0.25) is 0 Å². The molecule has 3 nitrogen and oxygen atoms in total. The zero-order chi connectivity index (χ0) is 13.5. The second-order valence-corrected chi connectivity index (χ2v) is 5.23.